The van der Waals surface area contributed by atoms with Crippen LogP contribution in [0.2, 0.25) is 0 Å². The number of aliphatic hydroxyl groups excluding tert-OH is 1. The lowest BCUT2D eigenvalue weighted by molar-refractivity contribution is 0.295. The third kappa shape index (κ3) is 6.97. The van der Waals surface area contributed by atoms with Crippen molar-refractivity contribution in [2.45, 2.75) is 13.3 Å². The van der Waals surface area contributed by atoms with Crippen molar-refractivity contribution >= 4 is 0 Å². The molecule has 0 bridgehead atoms. The summed E-state index contributed by atoms with van der Waals surface area (Å²) in [5, 5.41) is 18.0. The Kier molecular flexibility index (Phi) is 7.15. The minimum atomic E-state index is 0.319. The van der Waals surface area contributed by atoms with Crippen LogP contribution in [0.1, 0.15) is 13.3 Å². The number of hydrogen-bond donors (Lipinski definition) is 1. The average molecular weight is 141 g/mol. The van der Waals surface area contributed by atoms with Crippen LogP contribution in [0.3, 0.4) is 0 Å². The molecule has 56 valence electrons. The first-order chi connectivity index (χ1) is 4.91. The van der Waals surface area contributed by atoms with Crippen LogP contribution in [0.5, 0.6) is 0 Å². The van der Waals surface area contributed by atoms with Crippen molar-refractivity contribution in [1.82, 2.24) is 15.4 Å². The lowest BCUT2D eigenvalue weighted by Crippen LogP contribution is -1.78. The second kappa shape index (κ2) is 7.97. The monoisotopic (exact) mass is 141 g/mol. The van der Waals surface area contributed by atoms with Crippen LogP contribution < -0.4 is 0 Å². The Bertz CT molecular complexity index is 105. The highest BCUT2D eigenvalue weighted by atomic mass is 16.2. The normalized spacial score (nSPS) is 7.80. The minimum absolute atomic E-state index is 0.319. The van der Waals surface area contributed by atoms with Gasteiger partial charge in [0.05, 0.1) is 12.4 Å². The highest BCUT2D eigenvalue weighted by Gasteiger charge is 1.60. The van der Waals surface area contributed by atoms with Gasteiger partial charge in [-0.3, -0.25) is 0 Å². The van der Waals surface area contributed by atoms with E-state index < -0.39 is 0 Å². The molecule has 0 saturated carbocycles. The number of aromatic nitrogens is 3. The number of aliphatic hydroxyl groups is 1. The number of nitrogens with zero attached hydrogens (tertiary/aromatic N) is 3. The van der Waals surface area contributed by atoms with Crippen LogP contribution in [0.4, 0.5) is 0 Å². The quantitative estimate of drug-likeness (QED) is 0.609. The van der Waals surface area contributed by atoms with Gasteiger partial charge in [-0.15, -0.1) is 10.2 Å². The molecular formula is C6H11N3O. The Morgan fingerprint density at radius 3 is 1.90 bits per heavy atom. The van der Waals surface area contributed by atoms with E-state index in [4.69, 9.17) is 5.11 Å². The van der Waals surface area contributed by atoms with Crippen LogP contribution in [0.15, 0.2) is 18.5 Å². The van der Waals surface area contributed by atoms with E-state index in [0.717, 1.165) is 6.42 Å². The van der Waals surface area contributed by atoms with E-state index in [0.29, 0.717) is 6.61 Å². The van der Waals surface area contributed by atoms with Gasteiger partial charge in [-0.2, -0.15) is 0 Å². The molecule has 4 heteroatoms. The smallest absolute Gasteiger partial charge is 0.0529 e. The van der Waals surface area contributed by atoms with Gasteiger partial charge in [0, 0.05) is 6.61 Å². The van der Waals surface area contributed by atoms with E-state index in [2.05, 4.69) is 15.4 Å². The Labute approximate surface area is 59.9 Å². The summed E-state index contributed by atoms with van der Waals surface area (Å²) >= 11 is 0. The maximum atomic E-state index is 7.88. The lowest BCUT2D eigenvalue weighted by atomic mass is 10.5. The molecule has 10 heavy (non-hydrogen) atoms. The third-order valence-electron chi connectivity index (χ3n) is 0.632. The van der Waals surface area contributed by atoms with E-state index in [1.807, 2.05) is 6.92 Å². The first-order valence-electron chi connectivity index (χ1n) is 3.11. The van der Waals surface area contributed by atoms with E-state index in [1.165, 1.54) is 0 Å². The molecule has 1 heterocycles. The van der Waals surface area contributed by atoms with Gasteiger partial charge in [0.2, 0.25) is 0 Å². The van der Waals surface area contributed by atoms with Gasteiger partial charge in [0.15, 0.2) is 0 Å². The van der Waals surface area contributed by atoms with Gasteiger partial charge in [0.1, 0.15) is 0 Å². The maximum absolute atomic E-state index is 7.88. The highest BCUT2D eigenvalue weighted by Crippen LogP contribution is 1.62. The molecule has 1 aromatic heterocycles. The van der Waals surface area contributed by atoms with Crippen molar-refractivity contribution in [2.75, 3.05) is 6.61 Å². The molecule has 0 spiro atoms. The Morgan fingerprint density at radius 2 is 1.80 bits per heavy atom. The molecule has 0 radical (unpaired) electrons. The molecule has 0 unspecified atom stereocenters. The Hall–Kier alpha value is -1.03. The molecule has 0 aliphatic carbocycles. The van der Waals surface area contributed by atoms with Crippen LogP contribution >= 0.6 is 0 Å². The summed E-state index contributed by atoms with van der Waals surface area (Å²) in [4.78, 5) is 0. The third-order valence-corrected chi connectivity index (χ3v) is 0.632. The summed E-state index contributed by atoms with van der Waals surface area (Å²) in [6, 6.07) is 1.72. The molecule has 0 aromatic carbocycles. The molecule has 0 aliphatic heterocycles. The topological polar surface area (TPSA) is 58.9 Å². The van der Waals surface area contributed by atoms with Gasteiger partial charge < -0.3 is 5.11 Å². The number of rotatable bonds is 1. The summed E-state index contributed by atoms with van der Waals surface area (Å²) in [7, 11) is 0. The summed E-state index contributed by atoms with van der Waals surface area (Å²) in [5.41, 5.74) is 0. The minimum Gasteiger partial charge on any atom is -0.396 e. The molecule has 1 rings (SSSR count). The Balaban J connectivity index is 0.000000180. The first-order valence-corrected chi connectivity index (χ1v) is 3.11. The molecule has 0 saturated heterocycles. The van der Waals surface area contributed by atoms with Gasteiger partial charge in [0.25, 0.3) is 0 Å². The SMILES string of the molecule is CCCO.c1cnnnc1. The Morgan fingerprint density at radius 1 is 1.30 bits per heavy atom. The van der Waals surface area contributed by atoms with Crippen molar-refractivity contribution in [2.24, 2.45) is 0 Å². The van der Waals surface area contributed by atoms with E-state index >= 15 is 0 Å². The van der Waals surface area contributed by atoms with Crippen LogP contribution in [0.25, 0.3) is 0 Å². The van der Waals surface area contributed by atoms with Gasteiger partial charge in [-0.1, -0.05) is 6.92 Å². The highest BCUT2D eigenvalue weighted by molar-refractivity contribution is 4.69. The predicted molar refractivity (Wildman–Crippen MR) is 37.2 cm³/mol. The molecule has 1 N–H and O–H groups in total. The summed E-state index contributed by atoms with van der Waals surface area (Å²) in [6.07, 6.45) is 4.03. The zero-order valence-electron chi connectivity index (χ0n) is 5.94. The van der Waals surface area contributed by atoms with Gasteiger partial charge >= 0.3 is 0 Å². The van der Waals surface area contributed by atoms with E-state index in [9.17, 15) is 0 Å². The molecule has 4 nitrogen and oxygen atoms in total. The van der Waals surface area contributed by atoms with Crippen molar-refractivity contribution in [3.8, 4) is 0 Å². The first kappa shape index (κ1) is 8.97. The maximum Gasteiger partial charge on any atom is 0.0529 e. The largest absolute Gasteiger partial charge is 0.396 e. The second-order valence-electron chi connectivity index (χ2n) is 1.53. The fourth-order valence-electron chi connectivity index (χ4n) is 0.205. The molecule has 0 aliphatic rings. The van der Waals surface area contributed by atoms with Crippen molar-refractivity contribution < 1.29 is 5.11 Å². The molecule has 0 fully saturated rings. The second-order valence-corrected chi connectivity index (χ2v) is 1.53. The summed E-state index contributed by atoms with van der Waals surface area (Å²) in [6.45, 7) is 2.25. The van der Waals surface area contributed by atoms with Crippen molar-refractivity contribution in [3.05, 3.63) is 18.5 Å². The van der Waals surface area contributed by atoms with Crippen LogP contribution in [-0.4, -0.2) is 27.1 Å². The predicted octanol–water partition coefficient (Wildman–Crippen LogP) is 0.260. The van der Waals surface area contributed by atoms with Gasteiger partial charge in [-0.05, 0) is 17.7 Å². The fourth-order valence-corrected chi connectivity index (χ4v) is 0.205. The van der Waals surface area contributed by atoms with Crippen molar-refractivity contribution in [1.29, 1.82) is 0 Å². The molecular weight excluding hydrogens is 130 g/mol. The summed E-state index contributed by atoms with van der Waals surface area (Å²) < 4.78 is 0. The van der Waals surface area contributed by atoms with E-state index in [-0.39, 0.29) is 0 Å². The van der Waals surface area contributed by atoms with Crippen LogP contribution in [-0.2, 0) is 0 Å². The molecule has 0 atom stereocenters. The number of hydrogen-bond acceptors (Lipinski definition) is 4. The average Bonchev–Trinajstić information content (AvgIpc) is 2.08. The molecule has 1 aromatic rings. The lowest BCUT2D eigenvalue weighted by Gasteiger charge is -1.69. The van der Waals surface area contributed by atoms with Crippen molar-refractivity contribution in [3.63, 3.8) is 0 Å². The van der Waals surface area contributed by atoms with Gasteiger partial charge in [-0.25, -0.2) is 0 Å². The van der Waals surface area contributed by atoms with Crippen LogP contribution in [0, 0.1) is 0 Å². The fraction of sp³-hybridized carbons (Fsp3) is 0.500. The summed E-state index contributed by atoms with van der Waals surface area (Å²) in [5.74, 6) is 0. The zero-order chi connectivity index (χ0) is 7.66. The van der Waals surface area contributed by atoms with E-state index in [1.54, 1.807) is 18.5 Å². The standard InChI is InChI=1S/C3H3N3.C3H8O/c1-2-4-6-5-3-1;1-2-3-4/h1-3H;4H,2-3H2,1H3. The zero-order valence-corrected chi connectivity index (χ0v) is 5.94. The molecule has 0 amide bonds.